The number of aliphatic hydroxyl groups is 1. The Hall–Kier alpha value is -2.38. The number of rotatable bonds is 5. The SMILES string of the molecule is O=C(c1cc(-c2ccc(CO)c(OC3CCCC3)c2)no1)N1CCOCC1. The summed E-state index contributed by atoms with van der Waals surface area (Å²) < 4.78 is 16.7. The van der Waals surface area contributed by atoms with Crippen molar-refractivity contribution in [2.24, 2.45) is 0 Å². The molecule has 7 heteroatoms. The van der Waals surface area contributed by atoms with E-state index in [1.165, 1.54) is 12.8 Å². The van der Waals surface area contributed by atoms with Gasteiger partial charge in [-0.15, -0.1) is 0 Å². The molecular formula is C20H24N2O5. The Morgan fingerprint density at radius 3 is 2.74 bits per heavy atom. The molecule has 1 amide bonds. The van der Waals surface area contributed by atoms with Gasteiger partial charge in [-0.1, -0.05) is 17.3 Å². The smallest absolute Gasteiger partial charge is 0.292 e. The maximum absolute atomic E-state index is 12.5. The zero-order valence-corrected chi connectivity index (χ0v) is 15.2. The lowest BCUT2D eigenvalue weighted by molar-refractivity contribution is 0.0277. The van der Waals surface area contributed by atoms with Crippen LogP contribution in [0.4, 0.5) is 0 Å². The Morgan fingerprint density at radius 1 is 1.22 bits per heavy atom. The number of carbonyl (C=O) groups is 1. The first-order valence-corrected chi connectivity index (χ1v) is 9.49. The van der Waals surface area contributed by atoms with Gasteiger partial charge in [0.25, 0.3) is 5.91 Å². The molecule has 0 spiro atoms. The number of aromatic nitrogens is 1. The van der Waals surface area contributed by atoms with Gasteiger partial charge >= 0.3 is 0 Å². The highest BCUT2D eigenvalue weighted by Crippen LogP contribution is 2.31. The third-order valence-electron chi connectivity index (χ3n) is 5.15. The molecule has 1 aromatic heterocycles. The van der Waals surface area contributed by atoms with Gasteiger partial charge in [0, 0.05) is 30.3 Å². The second-order valence-corrected chi connectivity index (χ2v) is 6.99. The number of amides is 1. The lowest BCUT2D eigenvalue weighted by atomic mass is 10.1. The van der Waals surface area contributed by atoms with Crippen molar-refractivity contribution in [1.29, 1.82) is 0 Å². The molecule has 4 rings (SSSR count). The first-order chi connectivity index (χ1) is 13.2. The van der Waals surface area contributed by atoms with Crippen LogP contribution < -0.4 is 4.74 Å². The van der Waals surface area contributed by atoms with Crippen molar-refractivity contribution < 1.29 is 23.9 Å². The van der Waals surface area contributed by atoms with Gasteiger partial charge in [-0.05, 0) is 31.7 Å². The van der Waals surface area contributed by atoms with E-state index >= 15 is 0 Å². The quantitative estimate of drug-likeness (QED) is 0.868. The first-order valence-electron chi connectivity index (χ1n) is 9.49. The van der Waals surface area contributed by atoms with Crippen LogP contribution in [-0.4, -0.2) is 53.5 Å². The summed E-state index contributed by atoms with van der Waals surface area (Å²) in [6.07, 6.45) is 4.62. The monoisotopic (exact) mass is 372 g/mol. The van der Waals surface area contributed by atoms with Crippen LogP contribution in [0.1, 0.15) is 41.8 Å². The number of ether oxygens (including phenoxy) is 2. The first kappa shape index (κ1) is 18.0. The standard InChI is InChI=1S/C20H24N2O5/c23-13-15-6-5-14(11-18(15)26-16-3-1-2-4-16)17-12-19(27-21-17)20(24)22-7-9-25-10-8-22/h5-6,11-12,16,23H,1-4,7-10,13H2. The summed E-state index contributed by atoms with van der Waals surface area (Å²) in [7, 11) is 0. The number of hydrogen-bond acceptors (Lipinski definition) is 6. The number of benzene rings is 1. The van der Waals surface area contributed by atoms with Gasteiger partial charge in [0.05, 0.1) is 25.9 Å². The number of carbonyl (C=O) groups excluding carboxylic acids is 1. The molecule has 0 unspecified atom stereocenters. The van der Waals surface area contributed by atoms with Gasteiger partial charge in [-0.3, -0.25) is 4.79 Å². The average molecular weight is 372 g/mol. The van der Waals surface area contributed by atoms with Crippen molar-refractivity contribution in [3.63, 3.8) is 0 Å². The summed E-state index contributed by atoms with van der Waals surface area (Å²) in [5, 5.41) is 13.7. The lowest BCUT2D eigenvalue weighted by Crippen LogP contribution is -2.40. The van der Waals surface area contributed by atoms with Crippen molar-refractivity contribution in [3.05, 3.63) is 35.6 Å². The summed E-state index contributed by atoms with van der Waals surface area (Å²) in [5.74, 6) is 0.716. The normalized spacial score (nSPS) is 18.0. The Kier molecular flexibility index (Phi) is 5.40. The van der Waals surface area contributed by atoms with Crippen LogP contribution in [0.2, 0.25) is 0 Å². The van der Waals surface area contributed by atoms with Crippen molar-refractivity contribution in [2.45, 2.75) is 38.4 Å². The van der Waals surface area contributed by atoms with Gasteiger partial charge in [0.15, 0.2) is 0 Å². The fourth-order valence-corrected chi connectivity index (χ4v) is 3.57. The van der Waals surface area contributed by atoms with Gasteiger partial charge in [0.2, 0.25) is 5.76 Å². The maximum Gasteiger partial charge on any atom is 0.292 e. The predicted octanol–water partition coefficient (Wildman–Crippen LogP) is 2.63. The lowest BCUT2D eigenvalue weighted by Gasteiger charge is -2.25. The van der Waals surface area contributed by atoms with Crippen molar-refractivity contribution in [3.8, 4) is 17.0 Å². The largest absolute Gasteiger partial charge is 0.490 e. The Balaban J connectivity index is 1.54. The van der Waals surface area contributed by atoms with Gasteiger partial charge in [0.1, 0.15) is 11.4 Å². The molecule has 2 aliphatic rings. The number of hydrogen-bond donors (Lipinski definition) is 1. The molecule has 1 saturated carbocycles. The topological polar surface area (TPSA) is 85.0 Å². The highest BCUT2D eigenvalue weighted by Gasteiger charge is 2.23. The van der Waals surface area contributed by atoms with E-state index in [1.54, 1.807) is 11.0 Å². The molecule has 2 heterocycles. The summed E-state index contributed by atoms with van der Waals surface area (Å²) >= 11 is 0. The molecule has 1 saturated heterocycles. The van der Waals surface area contributed by atoms with E-state index in [2.05, 4.69) is 5.16 Å². The molecule has 2 aromatic rings. The molecule has 1 N–H and O–H groups in total. The highest BCUT2D eigenvalue weighted by atomic mass is 16.5. The third-order valence-corrected chi connectivity index (χ3v) is 5.15. The summed E-state index contributed by atoms with van der Waals surface area (Å²) in [6.45, 7) is 2.11. The fraction of sp³-hybridized carbons (Fsp3) is 0.500. The van der Waals surface area contributed by atoms with E-state index in [0.29, 0.717) is 37.7 Å². The van der Waals surface area contributed by atoms with Crippen molar-refractivity contribution >= 4 is 5.91 Å². The molecule has 7 nitrogen and oxygen atoms in total. The van der Waals surface area contributed by atoms with Crippen molar-refractivity contribution in [1.82, 2.24) is 10.1 Å². The molecular weight excluding hydrogens is 348 g/mol. The molecule has 1 aliphatic carbocycles. The highest BCUT2D eigenvalue weighted by molar-refractivity contribution is 5.92. The summed E-state index contributed by atoms with van der Waals surface area (Å²) in [6, 6.07) is 7.21. The van der Waals surface area contributed by atoms with E-state index in [9.17, 15) is 9.90 Å². The predicted molar refractivity (Wildman–Crippen MR) is 97.5 cm³/mol. The van der Waals surface area contributed by atoms with Crippen LogP contribution >= 0.6 is 0 Å². The van der Waals surface area contributed by atoms with E-state index in [4.69, 9.17) is 14.0 Å². The van der Waals surface area contributed by atoms with Gasteiger partial charge in [-0.2, -0.15) is 0 Å². The Morgan fingerprint density at radius 2 is 2.00 bits per heavy atom. The second-order valence-electron chi connectivity index (χ2n) is 6.99. The van der Waals surface area contributed by atoms with Crippen LogP contribution in [0.5, 0.6) is 5.75 Å². The zero-order valence-electron chi connectivity index (χ0n) is 15.2. The van der Waals surface area contributed by atoms with Crippen LogP contribution in [0.15, 0.2) is 28.8 Å². The van der Waals surface area contributed by atoms with Crippen molar-refractivity contribution in [2.75, 3.05) is 26.3 Å². The number of nitrogens with zero attached hydrogens (tertiary/aromatic N) is 2. The second kappa shape index (κ2) is 8.10. The summed E-state index contributed by atoms with van der Waals surface area (Å²) in [4.78, 5) is 14.2. The van der Waals surface area contributed by atoms with E-state index in [-0.39, 0.29) is 24.4 Å². The van der Waals surface area contributed by atoms with Crippen LogP contribution in [0, 0.1) is 0 Å². The molecule has 0 bridgehead atoms. The van der Waals surface area contributed by atoms with Crippen LogP contribution in [0.25, 0.3) is 11.3 Å². The fourth-order valence-electron chi connectivity index (χ4n) is 3.57. The molecule has 2 fully saturated rings. The number of morpholine rings is 1. The third kappa shape index (κ3) is 3.99. The minimum Gasteiger partial charge on any atom is -0.490 e. The molecule has 144 valence electrons. The molecule has 0 atom stereocenters. The van der Waals surface area contributed by atoms with E-state index in [1.807, 2.05) is 18.2 Å². The minimum absolute atomic E-state index is 0.0814. The van der Waals surface area contributed by atoms with Crippen LogP contribution in [-0.2, 0) is 11.3 Å². The number of aliphatic hydroxyl groups excluding tert-OH is 1. The molecule has 1 aromatic carbocycles. The summed E-state index contributed by atoms with van der Waals surface area (Å²) in [5.41, 5.74) is 2.12. The molecule has 1 aliphatic heterocycles. The van der Waals surface area contributed by atoms with Gasteiger partial charge < -0.3 is 24.0 Å². The van der Waals surface area contributed by atoms with E-state index in [0.717, 1.165) is 24.0 Å². The van der Waals surface area contributed by atoms with E-state index < -0.39 is 0 Å². The maximum atomic E-state index is 12.5. The molecule has 27 heavy (non-hydrogen) atoms. The van der Waals surface area contributed by atoms with Gasteiger partial charge in [-0.25, -0.2) is 0 Å². The Bertz CT molecular complexity index is 791. The molecule has 0 radical (unpaired) electrons. The minimum atomic E-state index is -0.175. The average Bonchev–Trinajstić information content (AvgIpc) is 3.40. The Labute approximate surface area is 157 Å². The zero-order chi connectivity index (χ0) is 18.6. The van der Waals surface area contributed by atoms with Crippen LogP contribution in [0.3, 0.4) is 0 Å².